The molecule has 1 aliphatic rings. The van der Waals surface area contributed by atoms with Crippen molar-refractivity contribution in [1.82, 2.24) is 14.2 Å². The molecule has 1 saturated heterocycles. The number of anilines is 1. The molecule has 9 heteroatoms. The van der Waals surface area contributed by atoms with E-state index >= 15 is 0 Å². The smallest absolute Gasteiger partial charge is 0.255 e. The normalized spacial score (nSPS) is 15.3. The largest absolute Gasteiger partial charge is 0.357 e. The zero-order chi connectivity index (χ0) is 21.0. The summed E-state index contributed by atoms with van der Waals surface area (Å²) in [6, 6.07) is 8.88. The second kappa shape index (κ2) is 8.87. The van der Waals surface area contributed by atoms with E-state index in [1.165, 1.54) is 22.5 Å². The van der Waals surface area contributed by atoms with Crippen molar-refractivity contribution in [3.05, 3.63) is 54.0 Å². The van der Waals surface area contributed by atoms with E-state index in [1.54, 1.807) is 17.2 Å². The van der Waals surface area contributed by atoms with Crippen molar-refractivity contribution in [3.8, 4) is 0 Å². The molecule has 0 aliphatic carbocycles. The number of amides is 1. The van der Waals surface area contributed by atoms with Crippen LogP contribution in [0, 0.1) is 5.82 Å². The Bertz CT molecular complexity index is 954. The van der Waals surface area contributed by atoms with Gasteiger partial charge < -0.3 is 9.80 Å². The van der Waals surface area contributed by atoms with Gasteiger partial charge in [-0.1, -0.05) is 12.1 Å². The molecule has 2 heterocycles. The molecule has 1 aliphatic heterocycles. The first kappa shape index (κ1) is 21.2. The molecule has 0 unspecified atom stereocenters. The summed E-state index contributed by atoms with van der Waals surface area (Å²) in [5.41, 5.74) is 0.464. The SMILES string of the molecule is CCN(CC)c1ccc(C(=O)N2CCN(S(=O)(=O)c3ccccc3F)CC2)cn1. The van der Waals surface area contributed by atoms with E-state index in [0.29, 0.717) is 5.56 Å². The highest BCUT2D eigenvalue weighted by atomic mass is 32.2. The maximum Gasteiger partial charge on any atom is 0.255 e. The lowest BCUT2D eigenvalue weighted by atomic mass is 10.2. The summed E-state index contributed by atoms with van der Waals surface area (Å²) in [7, 11) is -3.92. The highest BCUT2D eigenvalue weighted by Gasteiger charge is 2.32. The van der Waals surface area contributed by atoms with Crippen molar-refractivity contribution < 1.29 is 17.6 Å². The van der Waals surface area contributed by atoms with Gasteiger partial charge in [0.2, 0.25) is 10.0 Å². The highest BCUT2D eigenvalue weighted by Crippen LogP contribution is 2.21. The molecule has 1 fully saturated rings. The van der Waals surface area contributed by atoms with Crippen LogP contribution in [0.25, 0.3) is 0 Å². The minimum atomic E-state index is -3.92. The number of carbonyl (C=O) groups excluding carboxylic acids is 1. The van der Waals surface area contributed by atoms with Crippen LogP contribution >= 0.6 is 0 Å². The Morgan fingerprint density at radius 3 is 2.28 bits per heavy atom. The molecule has 29 heavy (non-hydrogen) atoms. The molecule has 2 aromatic rings. The lowest BCUT2D eigenvalue weighted by molar-refractivity contribution is 0.0697. The van der Waals surface area contributed by atoms with Crippen LogP contribution in [0.5, 0.6) is 0 Å². The van der Waals surface area contributed by atoms with E-state index in [-0.39, 0.29) is 37.0 Å². The minimum Gasteiger partial charge on any atom is -0.357 e. The van der Waals surface area contributed by atoms with E-state index in [4.69, 9.17) is 0 Å². The third-order valence-corrected chi connectivity index (χ3v) is 6.99. The fourth-order valence-corrected chi connectivity index (χ4v) is 4.84. The predicted molar refractivity (Wildman–Crippen MR) is 109 cm³/mol. The zero-order valence-corrected chi connectivity index (χ0v) is 17.4. The maximum atomic E-state index is 13.9. The quantitative estimate of drug-likeness (QED) is 0.716. The molecule has 156 valence electrons. The summed E-state index contributed by atoms with van der Waals surface area (Å²) < 4.78 is 40.5. The van der Waals surface area contributed by atoms with Crippen molar-refractivity contribution in [2.45, 2.75) is 18.7 Å². The van der Waals surface area contributed by atoms with Crippen LogP contribution in [0.3, 0.4) is 0 Å². The minimum absolute atomic E-state index is 0.118. The van der Waals surface area contributed by atoms with Gasteiger partial charge in [0, 0.05) is 45.5 Å². The third kappa shape index (κ3) is 4.40. The predicted octanol–water partition coefficient (Wildman–Crippen LogP) is 2.21. The van der Waals surface area contributed by atoms with Crippen LogP contribution in [0.2, 0.25) is 0 Å². The van der Waals surface area contributed by atoms with Crippen molar-refractivity contribution >= 4 is 21.7 Å². The molecule has 7 nitrogen and oxygen atoms in total. The number of halogens is 1. The Balaban J connectivity index is 1.66. The highest BCUT2D eigenvalue weighted by molar-refractivity contribution is 7.89. The van der Waals surface area contributed by atoms with Crippen molar-refractivity contribution in [2.24, 2.45) is 0 Å². The molecular weight excluding hydrogens is 395 g/mol. The van der Waals surface area contributed by atoms with E-state index in [1.807, 2.05) is 19.9 Å². The van der Waals surface area contributed by atoms with Crippen molar-refractivity contribution in [2.75, 3.05) is 44.2 Å². The Morgan fingerprint density at radius 2 is 1.72 bits per heavy atom. The van der Waals surface area contributed by atoms with Gasteiger partial charge in [0.05, 0.1) is 5.56 Å². The Hall–Kier alpha value is -2.52. The van der Waals surface area contributed by atoms with Gasteiger partial charge in [-0.3, -0.25) is 4.79 Å². The summed E-state index contributed by atoms with van der Waals surface area (Å²) in [6.45, 7) is 6.46. The number of nitrogens with zero attached hydrogens (tertiary/aromatic N) is 4. The summed E-state index contributed by atoms with van der Waals surface area (Å²) in [4.78, 5) is 20.5. The average molecular weight is 421 g/mol. The van der Waals surface area contributed by atoms with Gasteiger partial charge in [0.15, 0.2) is 0 Å². The van der Waals surface area contributed by atoms with Gasteiger partial charge >= 0.3 is 0 Å². The second-order valence-corrected chi connectivity index (χ2v) is 8.61. The second-order valence-electron chi connectivity index (χ2n) is 6.70. The molecule has 0 bridgehead atoms. The molecule has 3 rings (SSSR count). The number of carbonyl (C=O) groups is 1. The number of aromatic nitrogens is 1. The number of pyridine rings is 1. The Morgan fingerprint density at radius 1 is 1.07 bits per heavy atom. The van der Waals surface area contributed by atoms with Gasteiger partial charge in [0.25, 0.3) is 5.91 Å². The number of hydrogen-bond donors (Lipinski definition) is 0. The van der Waals surface area contributed by atoms with E-state index in [9.17, 15) is 17.6 Å². The van der Waals surface area contributed by atoms with Gasteiger partial charge in [-0.2, -0.15) is 4.31 Å². The molecule has 1 amide bonds. The standard InChI is InChI=1S/C20H25FN4O3S/c1-3-23(4-2)19-10-9-16(15-22-19)20(26)24-11-13-25(14-12-24)29(27,28)18-8-6-5-7-17(18)21/h5-10,15H,3-4,11-14H2,1-2H3. The van der Waals surface area contributed by atoms with E-state index in [0.717, 1.165) is 25.0 Å². The molecule has 0 saturated carbocycles. The summed E-state index contributed by atoms with van der Waals surface area (Å²) >= 11 is 0. The lowest BCUT2D eigenvalue weighted by Gasteiger charge is -2.34. The maximum absolute atomic E-state index is 13.9. The van der Waals surface area contributed by atoms with Gasteiger partial charge in [-0.15, -0.1) is 0 Å². The van der Waals surface area contributed by atoms with Gasteiger partial charge in [-0.25, -0.2) is 17.8 Å². The summed E-state index contributed by atoms with van der Waals surface area (Å²) in [5.74, 6) is -0.149. The molecular formula is C20H25FN4O3S. The van der Waals surface area contributed by atoms with Crippen LogP contribution < -0.4 is 4.90 Å². The lowest BCUT2D eigenvalue weighted by Crippen LogP contribution is -2.50. The Labute approximate surface area is 170 Å². The molecule has 0 atom stereocenters. The molecule has 0 N–H and O–H groups in total. The van der Waals surface area contributed by atoms with E-state index < -0.39 is 15.8 Å². The van der Waals surface area contributed by atoms with Gasteiger partial charge in [0.1, 0.15) is 16.5 Å². The fraction of sp³-hybridized carbons (Fsp3) is 0.400. The third-order valence-electron chi connectivity index (χ3n) is 5.06. The van der Waals surface area contributed by atoms with Crippen LogP contribution in [-0.2, 0) is 10.0 Å². The van der Waals surface area contributed by atoms with Crippen LogP contribution in [0.15, 0.2) is 47.5 Å². The van der Waals surface area contributed by atoms with Crippen LogP contribution in [-0.4, -0.2) is 67.8 Å². The van der Waals surface area contributed by atoms with E-state index in [2.05, 4.69) is 9.88 Å². The molecule has 0 radical (unpaired) electrons. The first-order valence-corrected chi connectivity index (χ1v) is 11.1. The number of benzene rings is 1. The van der Waals surface area contributed by atoms with Crippen molar-refractivity contribution in [3.63, 3.8) is 0 Å². The average Bonchev–Trinajstić information content (AvgIpc) is 2.75. The first-order chi connectivity index (χ1) is 13.9. The van der Waals surface area contributed by atoms with Gasteiger partial charge in [-0.05, 0) is 38.1 Å². The number of rotatable bonds is 6. The summed E-state index contributed by atoms with van der Waals surface area (Å²) in [6.07, 6.45) is 1.55. The number of hydrogen-bond acceptors (Lipinski definition) is 5. The molecule has 0 spiro atoms. The topological polar surface area (TPSA) is 73.8 Å². The fourth-order valence-electron chi connectivity index (χ4n) is 3.35. The zero-order valence-electron chi connectivity index (χ0n) is 16.6. The first-order valence-electron chi connectivity index (χ1n) is 9.63. The Kier molecular flexibility index (Phi) is 6.49. The van der Waals surface area contributed by atoms with Crippen LogP contribution in [0.1, 0.15) is 24.2 Å². The number of sulfonamides is 1. The molecule has 1 aromatic heterocycles. The molecule has 1 aromatic carbocycles. The number of piperazine rings is 1. The summed E-state index contributed by atoms with van der Waals surface area (Å²) in [5, 5.41) is 0. The van der Waals surface area contributed by atoms with Crippen LogP contribution in [0.4, 0.5) is 10.2 Å². The monoisotopic (exact) mass is 420 g/mol. The van der Waals surface area contributed by atoms with Crippen molar-refractivity contribution in [1.29, 1.82) is 0 Å².